The number of para-hydroxylation sites is 2. The highest BCUT2D eigenvalue weighted by Gasteiger charge is 2.13. The maximum absolute atomic E-state index is 12.7. The largest absolute Gasteiger partial charge is 0.495 e. The van der Waals surface area contributed by atoms with Crippen LogP contribution in [0.2, 0.25) is 0 Å². The zero-order chi connectivity index (χ0) is 23.9. The van der Waals surface area contributed by atoms with Crippen molar-refractivity contribution in [3.05, 3.63) is 72.3 Å². The van der Waals surface area contributed by atoms with Gasteiger partial charge in [0, 0.05) is 11.1 Å². The van der Waals surface area contributed by atoms with E-state index in [4.69, 9.17) is 21.7 Å². The van der Waals surface area contributed by atoms with Crippen molar-refractivity contribution in [3.8, 4) is 22.9 Å². The predicted octanol–water partition coefficient (Wildman–Crippen LogP) is 5.54. The van der Waals surface area contributed by atoms with Crippen LogP contribution in [0.1, 0.15) is 30.1 Å². The zero-order valence-electron chi connectivity index (χ0n) is 19.1. The third kappa shape index (κ3) is 5.52. The molecular formula is C26H26N4O3S. The fourth-order valence-electron chi connectivity index (χ4n) is 3.43. The van der Waals surface area contributed by atoms with Gasteiger partial charge >= 0.3 is 0 Å². The molecule has 0 bridgehead atoms. The molecule has 0 atom stereocenters. The van der Waals surface area contributed by atoms with Gasteiger partial charge in [-0.15, -0.1) is 0 Å². The van der Waals surface area contributed by atoms with Crippen LogP contribution in [0.5, 0.6) is 11.5 Å². The van der Waals surface area contributed by atoms with Gasteiger partial charge in [-0.05, 0) is 67.2 Å². The van der Waals surface area contributed by atoms with Crippen LogP contribution in [-0.4, -0.2) is 34.7 Å². The van der Waals surface area contributed by atoms with Crippen molar-refractivity contribution in [1.82, 2.24) is 15.3 Å². The number of hydrogen-bond acceptors (Lipinski definition) is 5. The Balaban J connectivity index is 1.47. The molecule has 0 aliphatic heterocycles. The standard InChI is InChI=1S/C26H26N4O3S/c1-3-4-14-33-19-9-7-8-18(15-19)25(31)30-26(34)29-22-16-17(12-13-23(22)32-2)24-27-20-10-5-6-11-21(20)28-24/h5-13,15-16H,3-4,14H2,1-2H3,(H,27,28)(H2,29,30,31,34). The number of amides is 1. The monoisotopic (exact) mass is 474 g/mol. The third-order valence-electron chi connectivity index (χ3n) is 5.20. The number of benzene rings is 3. The number of rotatable bonds is 8. The van der Waals surface area contributed by atoms with Gasteiger partial charge in [0.25, 0.3) is 5.91 Å². The molecular weight excluding hydrogens is 448 g/mol. The highest BCUT2D eigenvalue weighted by molar-refractivity contribution is 7.80. The number of hydrogen-bond donors (Lipinski definition) is 3. The van der Waals surface area contributed by atoms with E-state index in [0.29, 0.717) is 29.4 Å². The summed E-state index contributed by atoms with van der Waals surface area (Å²) in [6, 6.07) is 20.5. The SMILES string of the molecule is CCCCOc1cccc(C(=O)NC(=S)Nc2cc(-c3nc4ccccc4[nH]3)ccc2OC)c1. The Morgan fingerprint density at radius 2 is 1.94 bits per heavy atom. The summed E-state index contributed by atoms with van der Waals surface area (Å²) in [5, 5.41) is 5.94. The maximum atomic E-state index is 12.7. The first kappa shape index (κ1) is 23.3. The Hall–Kier alpha value is -3.91. The van der Waals surface area contributed by atoms with Crippen LogP contribution in [0.15, 0.2) is 66.7 Å². The van der Waals surface area contributed by atoms with Gasteiger partial charge in [0.05, 0.1) is 30.4 Å². The maximum Gasteiger partial charge on any atom is 0.257 e. The van der Waals surface area contributed by atoms with Crippen LogP contribution in [0, 0.1) is 0 Å². The molecule has 0 aliphatic carbocycles. The molecule has 4 aromatic rings. The molecule has 3 N–H and O–H groups in total. The molecule has 4 rings (SSSR count). The van der Waals surface area contributed by atoms with Gasteiger partial charge in [0.15, 0.2) is 5.11 Å². The Labute approximate surface area is 203 Å². The lowest BCUT2D eigenvalue weighted by atomic mass is 10.1. The van der Waals surface area contributed by atoms with Gasteiger partial charge in [0.1, 0.15) is 17.3 Å². The second kappa shape index (κ2) is 10.8. The van der Waals surface area contributed by atoms with Crippen molar-refractivity contribution in [1.29, 1.82) is 0 Å². The molecule has 1 amide bonds. The van der Waals surface area contributed by atoms with Crippen molar-refractivity contribution in [2.75, 3.05) is 19.0 Å². The summed E-state index contributed by atoms with van der Waals surface area (Å²) in [5.74, 6) is 1.63. The Morgan fingerprint density at radius 3 is 2.74 bits per heavy atom. The van der Waals surface area contributed by atoms with E-state index in [2.05, 4.69) is 27.5 Å². The number of nitrogens with zero attached hydrogens (tertiary/aromatic N) is 1. The van der Waals surface area contributed by atoms with E-state index in [0.717, 1.165) is 35.3 Å². The molecule has 7 nitrogen and oxygen atoms in total. The van der Waals surface area contributed by atoms with Crippen LogP contribution >= 0.6 is 12.2 Å². The molecule has 3 aromatic carbocycles. The van der Waals surface area contributed by atoms with E-state index in [1.54, 1.807) is 25.3 Å². The van der Waals surface area contributed by atoms with Gasteiger partial charge < -0.3 is 19.8 Å². The van der Waals surface area contributed by atoms with Crippen LogP contribution in [0.25, 0.3) is 22.4 Å². The lowest BCUT2D eigenvalue weighted by Crippen LogP contribution is -2.34. The molecule has 34 heavy (non-hydrogen) atoms. The summed E-state index contributed by atoms with van der Waals surface area (Å²) < 4.78 is 11.2. The Kier molecular flexibility index (Phi) is 7.39. The third-order valence-corrected chi connectivity index (χ3v) is 5.40. The van der Waals surface area contributed by atoms with Gasteiger partial charge in [-0.2, -0.15) is 0 Å². The fourth-order valence-corrected chi connectivity index (χ4v) is 3.64. The topological polar surface area (TPSA) is 88.3 Å². The first-order chi connectivity index (χ1) is 16.6. The summed E-state index contributed by atoms with van der Waals surface area (Å²) in [6.07, 6.45) is 2.00. The number of unbranched alkanes of at least 4 members (excludes halogenated alkanes) is 1. The molecule has 8 heteroatoms. The summed E-state index contributed by atoms with van der Waals surface area (Å²) in [6.45, 7) is 2.71. The van der Waals surface area contributed by atoms with Crippen LogP contribution in [0.3, 0.4) is 0 Å². The number of nitrogens with one attached hydrogen (secondary N) is 3. The lowest BCUT2D eigenvalue weighted by Gasteiger charge is -2.14. The van der Waals surface area contributed by atoms with Crippen LogP contribution < -0.4 is 20.1 Å². The summed E-state index contributed by atoms with van der Waals surface area (Å²) in [4.78, 5) is 20.7. The molecule has 0 aliphatic rings. The Bertz CT molecular complexity index is 1290. The smallest absolute Gasteiger partial charge is 0.257 e. The van der Waals surface area contributed by atoms with E-state index in [1.165, 1.54) is 0 Å². The number of aromatic amines is 1. The number of methoxy groups -OCH3 is 1. The van der Waals surface area contributed by atoms with Gasteiger partial charge in [-0.3, -0.25) is 10.1 Å². The number of H-pyrrole nitrogens is 1. The normalized spacial score (nSPS) is 10.6. The molecule has 0 fully saturated rings. The first-order valence-electron chi connectivity index (χ1n) is 11.1. The molecule has 174 valence electrons. The number of carbonyl (C=O) groups is 1. The van der Waals surface area contributed by atoms with Crippen molar-refractivity contribution < 1.29 is 14.3 Å². The highest BCUT2D eigenvalue weighted by Crippen LogP contribution is 2.30. The van der Waals surface area contributed by atoms with E-state index >= 15 is 0 Å². The van der Waals surface area contributed by atoms with Crippen LogP contribution in [-0.2, 0) is 0 Å². The minimum atomic E-state index is -0.328. The Morgan fingerprint density at radius 1 is 1.09 bits per heavy atom. The van der Waals surface area contributed by atoms with E-state index in [-0.39, 0.29) is 11.0 Å². The zero-order valence-corrected chi connectivity index (χ0v) is 19.9. The number of ether oxygens (including phenoxy) is 2. The van der Waals surface area contributed by atoms with Gasteiger partial charge in [-0.25, -0.2) is 4.98 Å². The van der Waals surface area contributed by atoms with Crippen molar-refractivity contribution in [2.45, 2.75) is 19.8 Å². The van der Waals surface area contributed by atoms with Gasteiger partial charge in [-0.1, -0.05) is 31.5 Å². The number of thiocarbonyl (C=S) groups is 1. The number of fused-ring (bicyclic) bond motifs is 1. The van der Waals surface area contributed by atoms with E-state index in [9.17, 15) is 4.79 Å². The molecule has 0 spiro atoms. The highest BCUT2D eigenvalue weighted by atomic mass is 32.1. The van der Waals surface area contributed by atoms with E-state index in [1.807, 2.05) is 48.5 Å². The average Bonchev–Trinajstić information content (AvgIpc) is 3.29. The molecule has 1 heterocycles. The minimum Gasteiger partial charge on any atom is -0.495 e. The lowest BCUT2D eigenvalue weighted by molar-refractivity contribution is 0.0977. The number of carbonyl (C=O) groups excluding carboxylic acids is 1. The number of imidazole rings is 1. The second-order valence-corrected chi connectivity index (χ2v) is 8.06. The molecule has 0 unspecified atom stereocenters. The number of anilines is 1. The van der Waals surface area contributed by atoms with Gasteiger partial charge in [0.2, 0.25) is 0 Å². The first-order valence-corrected chi connectivity index (χ1v) is 11.5. The predicted molar refractivity (Wildman–Crippen MR) is 139 cm³/mol. The second-order valence-electron chi connectivity index (χ2n) is 7.66. The summed E-state index contributed by atoms with van der Waals surface area (Å²) in [5.41, 5.74) is 3.76. The molecule has 1 aromatic heterocycles. The molecule has 0 radical (unpaired) electrons. The van der Waals surface area contributed by atoms with E-state index < -0.39 is 0 Å². The summed E-state index contributed by atoms with van der Waals surface area (Å²) >= 11 is 5.40. The average molecular weight is 475 g/mol. The van der Waals surface area contributed by atoms with Crippen molar-refractivity contribution in [2.24, 2.45) is 0 Å². The quantitative estimate of drug-likeness (QED) is 0.229. The molecule has 0 saturated carbocycles. The van der Waals surface area contributed by atoms with Crippen molar-refractivity contribution >= 4 is 40.0 Å². The molecule has 0 saturated heterocycles. The van der Waals surface area contributed by atoms with Crippen molar-refractivity contribution in [3.63, 3.8) is 0 Å². The number of aromatic nitrogens is 2. The fraction of sp³-hybridized carbons (Fsp3) is 0.192. The minimum absolute atomic E-state index is 0.155. The summed E-state index contributed by atoms with van der Waals surface area (Å²) in [7, 11) is 1.58. The van der Waals surface area contributed by atoms with Crippen LogP contribution in [0.4, 0.5) is 5.69 Å².